The fourth-order valence-corrected chi connectivity index (χ4v) is 6.43. The molecule has 3 fully saturated rings. The zero-order valence-electron chi connectivity index (χ0n) is 14.8. The Labute approximate surface area is 145 Å². The van der Waals surface area contributed by atoms with E-state index >= 15 is 0 Å². The summed E-state index contributed by atoms with van der Waals surface area (Å²) in [6.45, 7) is 7.06. The molecule has 3 atom stereocenters. The molecule has 3 rings (SSSR count). The fourth-order valence-electron chi connectivity index (χ4n) is 4.60. The minimum absolute atomic E-state index is 0.0406. The number of piperazine rings is 1. The lowest BCUT2D eigenvalue weighted by atomic mass is 9.72. The molecule has 0 spiro atoms. The Morgan fingerprint density at radius 2 is 1.79 bits per heavy atom. The SMILES string of the molecule is CC1(C)CCCC(C(=O)N2CCN(C3CS(=O)(=O)CC3O)CC2)C1. The zero-order chi connectivity index (χ0) is 17.5. The van der Waals surface area contributed by atoms with Crippen LogP contribution in [0.5, 0.6) is 0 Å². The van der Waals surface area contributed by atoms with Gasteiger partial charge in [-0.15, -0.1) is 0 Å². The van der Waals surface area contributed by atoms with Gasteiger partial charge in [0, 0.05) is 32.1 Å². The Balaban J connectivity index is 1.54. The van der Waals surface area contributed by atoms with E-state index in [0.29, 0.717) is 26.2 Å². The molecule has 24 heavy (non-hydrogen) atoms. The second-order valence-electron chi connectivity index (χ2n) is 8.53. The van der Waals surface area contributed by atoms with Crippen molar-refractivity contribution >= 4 is 15.7 Å². The molecule has 7 heteroatoms. The fraction of sp³-hybridized carbons (Fsp3) is 0.941. The molecule has 1 aliphatic carbocycles. The molecule has 6 nitrogen and oxygen atoms in total. The summed E-state index contributed by atoms with van der Waals surface area (Å²) < 4.78 is 23.4. The van der Waals surface area contributed by atoms with Gasteiger partial charge in [-0.1, -0.05) is 20.3 Å². The van der Waals surface area contributed by atoms with E-state index in [4.69, 9.17) is 0 Å². The number of aliphatic hydroxyl groups is 1. The molecular weight excluding hydrogens is 328 g/mol. The van der Waals surface area contributed by atoms with Crippen LogP contribution in [0.1, 0.15) is 39.5 Å². The predicted molar refractivity (Wildman–Crippen MR) is 92.3 cm³/mol. The van der Waals surface area contributed by atoms with E-state index in [0.717, 1.165) is 19.3 Å². The Bertz CT molecular complexity index is 581. The first-order valence-corrected chi connectivity index (χ1v) is 10.9. The number of carbonyl (C=O) groups excluding carboxylic acids is 1. The van der Waals surface area contributed by atoms with Gasteiger partial charge in [-0.3, -0.25) is 9.69 Å². The number of hydrogen-bond acceptors (Lipinski definition) is 5. The van der Waals surface area contributed by atoms with Crippen LogP contribution in [-0.2, 0) is 14.6 Å². The predicted octanol–water partition coefficient (Wildman–Crippen LogP) is 0.505. The second kappa shape index (κ2) is 6.57. The molecule has 3 aliphatic rings. The number of amides is 1. The Kier molecular flexibility index (Phi) is 4.97. The average Bonchev–Trinajstić information content (AvgIpc) is 2.78. The molecule has 1 saturated carbocycles. The number of sulfone groups is 1. The highest BCUT2D eigenvalue weighted by molar-refractivity contribution is 7.91. The van der Waals surface area contributed by atoms with Gasteiger partial charge in [0.05, 0.1) is 23.7 Å². The number of rotatable bonds is 2. The van der Waals surface area contributed by atoms with Crippen molar-refractivity contribution < 1.29 is 18.3 Å². The van der Waals surface area contributed by atoms with E-state index in [-0.39, 0.29) is 34.8 Å². The molecule has 2 aliphatic heterocycles. The van der Waals surface area contributed by atoms with Crippen LogP contribution in [0.25, 0.3) is 0 Å². The molecule has 0 radical (unpaired) electrons. The van der Waals surface area contributed by atoms with Crippen LogP contribution in [-0.4, -0.2) is 79.1 Å². The minimum atomic E-state index is -3.13. The third-order valence-electron chi connectivity index (χ3n) is 5.94. The van der Waals surface area contributed by atoms with E-state index in [2.05, 4.69) is 13.8 Å². The summed E-state index contributed by atoms with van der Waals surface area (Å²) in [5.41, 5.74) is 0.253. The number of aliphatic hydroxyl groups excluding tert-OH is 1. The molecule has 2 heterocycles. The van der Waals surface area contributed by atoms with Gasteiger partial charge in [-0.05, 0) is 24.7 Å². The van der Waals surface area contributed by atoms with Gasteiger partial charge in [-0.25, -0.2) is 8.42 Å². The molecular formula is C17H30N2O4S. The Hall–Kier alpha value is -0.660. The van der Waals surface area contributed by atoms with Gasteiger partial charge in [-0.2, -0.15) is 0 Å². The highest BCUT2D eigenvalue weighted by Crippen LogP contribution is 2.39. The van der Waals surface area contributed by atoms with Crippen LogP contribution in [0.4, 0.5) is 0 Å². The van der Waals surface area contributed by atoms with Crippen molar-refractivity contribution in [3.8, 4) is 0 Å². The monoisotopic (exact) mass is 358 g/mol. The lowest BCUT2D eigenvalue weighted by Crippen LogP contribution is -2.55. The lowest BCUT2D eigenvalue weighted by molar-refractivity contribution is -0.140. The van der Waals surface area contributed by atoms with E-state index in [1.807, 2.05) is 9.80 Å². The molecule has 138 valence electrons. The maximum atomic E-state index is 12.8. The first-order chi connectivity index (χ1) is 11.2. The van der Waals surface area contributed by atoms with E-state index in [1.165, 1.54) is 6.42 Å². The summed E-state index contributed by atoms with van der Waals surface area (Å²) in [6, 6.07) is -0.305. The first kappa shape index (κ1) is 18.1. The standard InChI is InChI=1S/C17H30N2O4S/c1-17(2)5-3-4-13(10-17)16(21)19-8-6-18(7-9-19)14-11-24(22,23)12-15(14)20/h13-15,20H,3-12H2,1-2H3. The van der Waals surface area contributed by atoms with Crippen molar-refractivity contribution in [1.29, 1.82) is 0 Å². The molecule has 0 aromatic carbocycles. The lowest BCUT2D eigenvalue weighted by Gasteiger charge is -2.41. The van der Waals surface area contributed by atoms with Crippen LogP contribution >= 0.6 is 0 Å². The van der Waals surface area contributed by atoms with Crippen molar-refractivity contribution in [1.82, 2.24) is 9.80 Å². The molecule has 1 N–H and O–H groups in total. The van der Waals surface area contributed by atoms with Gasteiger partial charge >= 0.3 is 0 Å². The molecule has 2 saturated heterocycles. The van der Waals surface area contributed by atoms with E-state index < -0.39 is 15.9 Å². The Morgan fingerprint density at radius 1 is 1.12 bits per heavy atom. The summed E-state index contributed by atoms with van der Waals surface area (Å²) in [5.74, 6) is 0.312. The number of nitrogens with zero attached hydrogens (tertiary/aromatic N) is 2. The van der Waals surface area contributed by atoms with Crippen LogP contribution < -0.4 is 0 Å². The minimum Gasteiger partial charge on any atom is -0.390 e. The summed E-state index contributed by atoms with van der Waals surface area (Å²) in [5, 5.41) is 10.0. The maximum absolute atomic E-state index is 12.8. The summed E-state index contributed by atoms with van der Waals surface area (Å²) in [4.78, 5) is 16.8. The largest absolute Gasteiger partial charge is 0.390 e. The van der Waals surface area contributed by atoms with Gasteiger partial charge in [0.2, 0.25) is 5.91 Å². The maximum Gasteiger partial charge on any atom is 0.225 e. The van der Waals surface area contributed by atoms with Crippen molar-refractivity contribution in [2.45, 2.75) is 51.7 Å². The van der Waals surface area contributed by atoms with E-state index in [9.17, 15) is 18.3 Å². The quantitative estimate of drug-likeness (QED) is 0.778. The van der Waals surface area contributed by atoms with Crippen LogP contribution in [0, 0.1) is 11.3 Å². The second-order valence-corrected chi connectivity index (χ2v) is 10.7. The third-order valence-corrected chi connectivity index (χ3v) is 7.64. The number of hydrogen-bond donors (Lipinski definition) is 1. The summed E-state index contributed by atoms with van der Waals surface area (Å²) in [6.07, 6.45) is 3.47. The molecule has 0 aromatic rings. The third kappa shape index (κ3) is 3.94. The van der Waals surface area contributed by atoms with E-state index in [1.54, 1.807) is 0 Å². The van der Waals surface area contributed by atoms with Gasteiger partial charge < -0.3 is 10.0 Å². The summed E-state index contributed by atoms with van der Waals surface area (Å²) >= 11 is 0. The summed E-state index contributed by atoms with van der Waals surface area (Å²) in [7, 11) is -3.13. The molecule has 0 bridgehead atoms. The molecule has 1 amide bonds. The van der Waals surface area contributed by atoms with Gasteiger partial charge in [0.15, 0.2) is 9.84 Å². The van der Waals surface area contributed by atoms with Crippen LogP contribution in [0.2, 0.25) is 0 Å². The zero-order valence-corrected chi connectivity index (χ0v) is 15.6. The molecule has 3 unspecified atom stereocenters. The van der Waals surface area contributed by atoms with Gasteiger partial charge in [0.25, 0.3) is 0 Å². The van der Waals surface area contributed by atoms with Gasteiger partial charge in [0.1, 0.15) is 0 Å². The molecule has 0 aromatic heterocycles. The van der Waals surface area contributed by atoms with Crippen molar-refractivity contribution in [3.63, 3.8) is 0 Å². The topological polar surface area (TPSA) is 77.9 Å². The van der Waals surface area contributed by atoms with Crippen LogP contribution in [0.3, 0.4) is 0 Å². The smallest absolute Gasteiger partial charge is 0.225 e. The number of carbonyl (C=O) groups is 1. The highest BCUT2D eigenvalue weighted by Gasteiger charge is 2.42. The normalized spacial score (nSPS) is 36.6. The van der Waals surface area contributed by atoms with Crippen LogP contribution in [0.15, 0.2) is 0 Å². The highest BCUT2D eigenvalue weighted by atomic mass is 32.2. The van der Waals surface area contributed by atoms with Crippen molar-refractivity contribution in [2.75, 3.05) is 37.7 Å². The Morgan fingerprint density at radius 3 is 2.33 bits per heavy atom. The average molecular weight is 359 g/mol. The van der Waals surface area contributed by atoms with Crippen molar-refractivity contribution in [2.24, 2.45) is 11.3 Å². The van der Waals surface area contributed by atoms with Crippen molar-refractivity contribution in [3.05, 3.63) is 0 Å². The first-order valence-electron chi connectivity index (χ1n) is 9.08.